The van der Waals surface area contributed by atoms with Crippen LogP contribution in [0.15, 0.2) is 41.0 Å². The van der Waals surface area contributed by atoms with E-state index in [0.29, 0.717) is 30.3 Å². The molecule has 0 N–H and O–H groups in total. The van der Waals surface area contributed by atoms with E-state index in [2.05, 4.69) is 4.98 Å². The summed E-state index contributed by atoms with van der Waals surface area (Å²) in [5, 5.41) is 0.698. The molecule has 1 aliphatic heterocycles. The monoisotopic (exact) mass is 354 g/mol. The first-order chi connectivity index (χ1) is 11.5. The molecule has 0 aliphatic carbocycles. The zero-order valence-corrected chi connectivity index (χ0v) is 13.2. The summed E-state index contributed by atoms with van der Waals surface area (Å²) in [5.74, 6) is 0.736. The highest BCUT2D eigenvalue weighted by Gasteiger charge is 2.31. The van der Waals surface area contributed by atoms with Crippen molar-refractivity contribution < 1.29 is 22.3 Å². The van der Waals surface area contributed by atoms with Gasteiger partial charge < -0.3 is 14.1 Å². The second-order valence-electron chi connectivity index (χ2n) is 5.50. The van der Waals surface area contributed by atoms with Crippen molar-refractivity contribution in [3.63, 3.8) is 0 Å². The average molecular weight is 354 g/mol. The molecule has 4 rings (SSSR count). The van der Waals surface area contributed by atoms with Crippen LogP contribution in [0.4, 0.5) is 18.3 Å². The number of anilines is 1. The van der Waals surface area contributed by atoms with Crippen LogP contribution >= 0.6 is 11.3 Å². The first-order valence-electron chi connectivity index (χ1n) is 7.38. The molecule has 2 aromatic heterocycles. The maximum atomic E-state index is 12.8. The van der Waals surface area contributed by atoms with Crippen molar-refractivity contribution >= 4 is 26.7 Å². The van der Waals surface area contributed by atoms with Crippen LogP contribution in [-0.4, -0.2) is 24.7 Å². The lowest BCUT2D eigenvalue weighted by atomic mass is 10.2. The second-order valence-corrected chi connectivity index (χ2v) is 6.51. The molecule has 1 aromatic carbocycles. The van der Waals surface area contributed by atoms with Crippen molar-refractivity contribution in [1.29, 1.82) is 0 Å². The average Bonchev–Trinajstić information content (AvgIpc) is 3.23. The molecule has 3 heterocycles. The largest absolute Gasteiger partial charge is 0.467 e. The van der Waals surface area contributed by atoms with Gasteiger partial charge in [-0.25, -0.2) is 4.98 Å². The number of benzene rings is 1. The standard InChI is InChI=1S/C16H13F3N2O2S/c17-16(18,19)10-3-4-14-11(8-10)20-15(24-14)21-5-7-23-13(9-21)12-2-1-6-22-12/h1-4,6,8,13H,5,7,9H2. The summed E-state index contributed by atoms with van der Waals surface area (Å²) in [4.78, 5) is 6.41. The molecule has 8 heteroatoms. The number of thiazole rings is 1. The fourth-order valence-corrected chi connectivity index (χ4v) is 3.68. The maximum absolute atomic E-state index is 12.8. The van der Waals surface area contributed by atoms with Gasteiger partial charge in [-0.05, 0) is 30.3 Å². The molecule has 4 nitrogen and oxygen atoms in total. The van der Waals surface area contributed by atoms with E-state index in [1.54, 1.807) is 12.3 Å². The third kappa shape index (κ3) is 2.87. The quantitative estimate of drug-likeness (QED) is 0.680. The molecule has 0 bridgehead atoms. The summed E-state index contributed by atoms with van der Waals surface area (Å²) in [7, 11) is 0. The van der Waals surface area contributed by atoms with Crippen LogP contribution in [0.5, 0.6) is 0 Å². The first-order valence-corrected chi connectivity index (χ1v) is 8.20. The third-order valence-corrected chi connectivity index (χ3v) is 5.00. The summed E-state index contributed by atoms with van der Waals surface area (Å²) in [6.45, 7) is 1.71. The van der Waals surface area contributed by atoms with Gasteiger partial charge in [-0.15, -0.1) is 0 Å². The topological polar surface area (TPSA) is 38.5 Å². The van der Waals surface area contributed by atoms with Crippen LogP contribution in [0.1, 0.15) is 17.4 Å². The molecule has 126 valence electrons. The Hall–Kier alpha value is -2.06. The number of hydrogen-bond donors (Lipinski definition) is 0. The first kappa shape index (κ1) is 15.5. The molecular formula is C16H13F3N2O2S. The smallest absolute Gasteiger partial charge is 0.416 e. The SMILES string of the molecule is FC(F)(F)c1ccc2sc(N3CCOC(c4ccco4)C3)nc2c1. The minimum Gasteiger partial charge on any atom is -0.467 e. The van der Waals surface area contributed by atoms with Crippen LogP contribution in [-0.2, 0) is 10.9 Å². The van der Waals surface area contributed by atoms with Crippen LogP contribution in [0.3, 0.4) is 0 Å². The van der Waals surface area contributed by atoms with Crippen molar-refractivity contribution in [2.24, 2.45) is 0 Å². The summed E-state index contributed by atoms with van der Waals surface area (Å²) >= 11 is 1.38. The Morgan fingerprint density at radius 1 is 1.25 bits per heavy atom. The summed E-state index contributed by atoms with van der Waals surface area (Å²) in [6, 6.07) is 7.31. The number of nitrogens with zero attached hydrogens (tertiary/aromatic N) is 2. The highest BCUT2D eigenvalue weighted by atomic mass is 32.1. The highest BCUT2D eigenvalue weighted by molar-refractivity contribution is 7.22. The number of aromatic nitrogens is 1. The van der Waals surface area contributed by atoms with Gasteiger partial charge in [-0.1, -0.05) is 11.3 Å². The van der Waals surface area contributed by atoms with E-state index in [0.717, 1.165) is 22.6 Å². The Labute approximate surface area is 139 Å². The van der Waals surface area contributed by atoms with Crippen LogP contribution in [0.25, 0.3) is 10.2 Å². The zero-order chi connectivity index (χ0) is 16.7. The Bertz CT molecular complexity index is 845. The number of fused-ring (bicyclic) bond motifs is 1. The van der Waals surface area contributed by atoms with Crippen molar-refractivity contribution in [3.05, 3.63) is 47.9 Å². The van der Waals surface area contributed by atoms with Gasteiger partial charge in [0.15, 0.2) is 5.13 Å². The van der Waals surface area contributed by atoms with E-state index in [1.807, 2.05) is 11.0 Å². The lowest BCUT2D eigenvalue weighted by molar-refractivity contribution is -0.137. The molecule has 0 saturated carbocycles. The second kappa shape index (κ2) is 5.78. The molecule has 0 radical (unpaired) electrons. The fourth-order valence-electron chi connectivity index (χ4n) is 2.70. The molecule has 1 saturated heterocycles. The molecule has 1 fully saturated rings. The van der Waals surface area contributed by atoms with Crippen molar-refractivity contribution in [2.75, 3.05) is 24.6 Å². The molecule has 24 heavy (non-hydrogen) atoms. The minimum atomic E-state index is -4.36. The molecule has 0 amide bonds. The highest BCUT2D eigenvalue weighted by Crippen LogP contribution is 2.36. The van der Waals surface area contributed by atoms with E-state index >= 15 is 0 Å². The van der Waals surface area contributed by atoms with Crippen LogP contribution in [0, 0.1) is 0 Å². The number of hydrogen-bond acceptors (Lipinski definition) is 5. The van der Waals surface area contributed by atoms with Gasteiger partial charge in [0, 0.05) is 6.54 Å². The van der Waals surface area contributed by atoms with E-state index in [9.17, 15) is 13.2 Å². The number of alkyl halides is 3. The number of furan rings is 1. The Morgan fingerprint density at radius 3 is 2.88 bits per heavy atom. The number of halogens is 3. The van der Waals surface area contributed by atoms with Gasteiger partial charge >= 0.3 is 6.18 Å². The summed E-state index contributed by atoms with van der Waals surface area (Å²) in [6.07, 6.45) is -2.97. The van der Waals surface area contributed by atoms with Crippen molar-refractivity contribution in [1.82, 2.24) is 4.98 Å². The molecule has 1 atom stereocenters. The van der Waals surface area contributed by atoms with E-state index in [4.69, 9.17) is 9.15 Å². The van der Waals surface area contributed by atoms with E-state index < -0.39 is 11.7 Å². The van der Waals surface area contributed by atoms with Crippen LogP contribution < -0.4 is 4.90 Å². The minimum absolute atomic E-state index is 0.202. The number of morpholine rings is 1. The lowest BCUT2D eigenvalue weighted by Gasteiger charge is -2.31. The molecule has 0 spiro atoms. The van der Waals surface area contributed by atoms with E-state index in [-0.39, 0.29) is 6.10 Å². The molecular weight excluding hydrogens is 341 g/mol. The molecule has 1 unspecified atom stereocenters. The maximum Gasteiger partial charge on any atom is 0.416 e. The van der Waals surface area contributed by atoms with Crippen molar-refractivity contribution in [2.45, 2.75) is 12.3 Å². The number of rotatable bonds is 2. The normalized spacial score (nSPS) is 19.1. The predicted molar refractivity (Wildman–Crippen MR) is 84.2 cm³/mol. The fraction of sp³-hybridized carbons (Fsp3) is 0.312. The van der Waals surface area contributed by atoms with Gasteiger partial charge in [0.1, 0.15) is 11.9 Å². The van der Waals surface area contributed by atoms with Gasteiger partial charge in [0.25, 0.3) is 0 Å². The zero-order valence-electron chi connectivity index (χ0n) is 12.4. The van der Waals surface area contributed by atoms with Gasteiger partial charge in [-0.3, -0.25) is 0 Å². The van der Waals surface area contributed by atoms with Gasteiger partial charge in [0.2, 0.25) is 0 Å². The summed E-state index contributed by atoms with van der Waals surface area (Å²) in [5.41, 5.74) is -0.312. The van der Waals surface area contributed by atoms with E-state index in [1.165, 1.54) is 17.4 Å². The number of ether oxygens (including phenoxy) is 1. The predicted octanol–water partition coefficient (Wildman–Crippen LogP) is 4.49. The Balaban J connectivity index is 1.61. The Kier molecular flexibility index (Phi) is 3.73. The molecule has 3 aromatic rings. The molecule has 1 aliphatic rings. The van der Waals surface area contributed by atoms with Crippen molar-refractivity contribution in [3.8, 4) is 0 Å². The third-order valence-electron chi connectivity index (χ3n) is 3.90. The van der Waals surface area contributed by atoms with Gasteiger partial charge in [-0.2, -0.15) is 13.2 Å². The van der Waals surface area contributed by atoms with Crippen LogP contribution in [0.2, 0.25) is 0 Å². The van der Waals surface area contributed by atoms with Gasteiger partial charge in [0.05, 0.1) is 35.2 Å². The lowest BCUT2D eigenvalue weighted by Crippen LogP contribution is -2.38. The Morgan fingerprint density at radius 2 is 2.12 bits per heavy atom. The summed E-state index contributed by atoms with van der Waals surface area (Å²) < 4.78 is 50.3.